The molecule has 4 N–H and O–H groups in total. The van der Waals surface area contributed by atoms with Crippen molar-refractivity contribution >= 4 is 5.84 Å². The van der Waals surface area contributed by atoms with Crippen LogP contribution in [-0.2, 0) is 0 Å². The third kappa shape index (κ3) is 5.89. The van der Waals surface area contributed by atoms with Gasteiger partial charge in [-0.3, -0.25) is 4.90 Å². The molecule has 0 aromatic carbocycles. The lowest BCUT2D eigenvalue weighted by Gasteiger charge is -2.31. The van der Waals surface area contributed by atoms with Gasteiger partial charge in [-0.15, -0.1) is 0 Å². The molecule has 0 saturated carbocycles. The second-order valence-electron chi connectivity index (χ2n) is 4.87. The van der Waals surface area contributed by atoms with Crippen molar-refractivity contribution < 1.29 is 5.21 Å². The van der Waals surface area contributed by atoms with E-state index in [4.69, 9.17) is 10.9 Å². The van der Waals surface area contributed by atoms with E-state index in [-0.39, 0.29) is 11.9 Å². The monoisotopic (exact) mass is 244 g/mol. The van der Waals surface area contributed by atoms with E-state index in [0.29, 0.717) is 12.1 Å². The van der Waals surface area contributed by atoms with E-state index in [1.807, 2.05) is 6.92 Å². The highest BCUT2D eigenvalue weighted by Gasteiger charge is 2.15. The van der Waals surface area contributed by atoms with Gasteiger partial charge in [0.05, 0.1) is 6.04 Å². The Kier molecular flexibility index (Phi) is 7.91. The molecule has 5 heteroatoms. The normalized spacial score (nSPS) is 14.9. The lowest BCUT2D eigenvalue weighted by molar-refractivity contribution is 0.175. The van der Waals surface area contributed by atoms with Crippen LogP contribution in [-0.4, -0.2) is 47.2 Å². The molecule has 0 aromatic heterocycles. The summed E-state index contributed by atoms with van der Waals surface area (Å²) in [6.07, 6.45) is 0.819. The zero-order valence-corrected chi connectivity index (χ0v) is 11.8. The Morgan fingerprint density at radius 2 is 1.82 bits per heavy atom. The number of oxime groups is 1. The van der Waals surface area contributed by atoms with E-state index in [1.165, 1.54) is 0 Å². The van der Waals surface area contributed by atoms with Crippen molar-refractivity contribution in [3.63, 3.8) is 0 Å². The maximum absolute atomic E-state index is 8.63. The number of rotatable bonds is 8. The molecule has 0 aliphatic carbocycles. The van der Waals surface area contributed by atoms with E-state index in [1.54, 1.807) is 0 Å². The van der Waals surface area contributed by atoms with E-state index in [2.05, 4.69) is 43.1 Å². The predicted octanol–water partition coefficient (Wildman–Crippen LogP) is 1.22. The predicted molar refractivity (Wildman–Crippen MR) is 72.5 cm³/mol. The zero-order valence-electron chi connectivity index (χ0n) is 11.8. The van der Waals surface area contributed by atoms with Gasteiger partial charge in [-0.05, 0) is 34.1 Å². The van der Waals surface area contributed by atoms with E-state index < -0.39 is 0 Å². The van der Waals surface area contributed by atoms with Crippen LogP contribution in [0.25, 0.3) is 0 Å². The molecule has 0 aliphatic rings. The first-order valence-electron chi connectivity index (χ1n) is 6.40. The van der Waals surface area contributed by atoms with E-state index in [0.717, 1.165) is 19.5 Å². The Balaban J connectivity index is 4.11. The summed E-state index contributed by atoms with van der Waals surface area (Å²) in [6, 6.07) is 1.02. The highest BCUT2D eigenvalue weighted by atomic mass is 16.4. The molecule has 0 rings (SSSR count). The largest absolute Gasteiger partial charge is 0.409 e. The summed E-state index contributed by atoms with van der Waals surface area (Å²) in [5.74, 6) is 0.258. The summed E-state index contributed by atoms with van der Waals surface area (Å²) in [5.41, 5.74) is 5.59. The summed E-state index contributed by atoms with van der Waals surface area (Å²) in [6.45, 7) is 12.6. The molecule has 0 bridgehead atoms. The fraction of sp³-hybridized carbons (Fsp3) is 0.917. The average molecular weight is 244 g/mol. The van der Waals surface area contributed by atoms with Crippen molar-refractivity contribution in [3.8, 4) is 0 Å². The lowest BCUT2D eigenvalue weighted by Crippen LogP contribution is -2.46. The molecule has 0 aliphatic heterocycles. The third-order valence-electron chi connectivity index (χ3n) is 2.97. The van der Waals surface area contributed by atoms with Crippen LogP contribution in [0, 0.1) is 0 Å². The molecule has 0 radical (unpaired) electrons. The smallest absolute Gasteiger partial charge is 0.156 e. The van der Waals surface area contributed by atoms with Crippen LogP contribution < -0.4 is 11.1 Å². The molecule has 0 saturated heterocycles. The van der Waals surface area contributed by atoms with Crippen LogP contribution in [0.15, 0.2) is 5.16 Å². The molecule has 0 heterocycles. The molecule has 0 fully saturated rings. The zero-order chi connectivity index (χ0) is 13.4. The molecule has 0 amide bonds. The van der Waals surface area contributed by atoms with Gasteiger partial charge >= 0.3 is 0 Å². The minimum Gasteiger partial charge on any atom is -0.409 e. The molecule has 0 aromatic rings. The Bertz CT molecular complexity index is 221. The van der Waals surface area contributed by atoms with Crippen LogP contribution in [0.1, 0.15) is 41.0 Å². The molecule has 5 nitrogen and oxygen atoms in total. The van der Waals surface area contributed by atoms with Gasteiger partial charge in [0, 0.05) is 25.2 Å². The number of nitrogens with one attached hydrogen (secondary N) is 1. The van der Waals surface area contributed by atoms with Crippen molar-refractivity contribution in [3.05, 3.63) is 0 Å². The third-order valence-corrected chi connectivity index (χ3v) is 2.97. The fourth-order valence-electron chi connectivity index (χ4n) is 2.01. The number of amidine groups is 1. The molecule has 102 valence electrons. The summed E-state index contributed by atoms with van der Waals surface area (Å²) in [7, 11) is 0. The lowest BCUT2D eigenvalue weighted by atomic mass is 10.2. The van der Waals surface area contributed by atoms with E-state index in [9.17, 15) is 0 Å². The molecule has 1 atom stereocenters. The van der Waals surface area contributed by atoms with Gasteiger partial charge in [-0.2, -0.15) is 0 Å². The highest BCUT2D eigenvalue weighted by Crippen LogP contribution is 2.03. The Hall–Kier alpha value is -0.810. The van der Waals surface area contributed by atoms with E-state index >= 15 is 0 Å². The summed E-state index contributed by atoms with van der Waals surface area (Å²) in [5, 5.41) is 15.0. The average Bonchev–Trinajstić information content (AvgIpc) is 2.27. The molecule has 17 heavy (non-hydrogen) atoms. The first-order chi connectivity index (χ1) is 7.93. The van der Waals surface area contributed by atoms with Gasteiger partial charge in [0.2, 0.25) is 0 Å². The second-order valence-corrected chi connectivity index (χ2v) is 4.87. The van der Waals surface area contributed by atoms with Crippen LogP contribution in [0.3, 0.4) is 0 Å². The SMILES string of the molecule is CCC(NCCN(C(C)C)C(C)C)C(N)=NO. The number of hydrogen-bond acceptors (Lipinski definition) is 4. The van der Waals surface area contributed by atoms with Crippen LogP contribution in [0.2, 0.25) is 0 Å². The van der Waals surface area contributed by atoms with Crippen LogP contribution >= 0.6 is 0 Å². The maximum Gasteiger partial charge on any atom is 0.156 e. The van der Waals surface area contributed by atoms with Crippen molar-refractivity contribution in [1.82, 2.24) is 10.2 Å². The van der Waals surface area contributed by atoms with Gasteiger partial charge in [0.25, 0.3) is 0 Å². The number of hydrogen-bond donors (Lipinski definition) is 3. The van der Waals surface area contributed by atoms with Crippen molar-refractivity contribution in [2.45, 2.75) is 59.2 Å². The quantitative estimate of drug-likeness (QED) is 0.260. The first kappa shape index (κ1) is 16.2. The topological polar surface area (TPSA) is 73.9 Å². The first-order valence-corrected chi connectivity index (χ1v) is 6.40. The van der Waals surface area contributed by atoms with Crippen LogP contribution in [0.4, 0.5) is 0 Å². The maximum atomic E-state index is 8.63. The van der Waals surface area contributed by atoms with Crippen molar-refractivity contribution in [2.75, 3.05) is 13.1 Å². The van der Waals surface area contributed by atoms with Crippen molar-refractivity contribution in [1.29, 1.82) is 0 Å². The van der Waals surface area contributed by atoms with Gasteiger partial charge in [-0.1, -0.05) is 12.1 Å². The summed E-state index contributed by atoms with van der Waals surface area (Å²) in [4.78, 5) is 2.41. The number of nitrogens with zero attached hydrogens (tertiary/aromatic N) is 2. The summed E-state index contributed by atoms with van der Waals surface area (Å²) >= 11 is 0. The van der Waals surface area contributed by atoms with Crippen LogP contribution in [0.5, 0.6) is 0 Å². The van der Waals surface area contributed by atoms with Gasteiger partial charge < -0.3 is 16.3 Å². The molecule has 1 unspecified atom stereocenters. The fourth-order valence-corrected chi connectivity index (χ4v) is 2.01. The Morgan fingerprint density at radius 3 is 2.18 bits per heavy atom. The second kappa shape index (κ2) is 8.31. The number of nitrogens with two attached hydrogens (primary N) is 1. The minimum atomic E-state index is -0.0406. The van der Waals surface area contributed by atoms with Gasteiger partial charge in [0.15, 0.2) is 5.84 Å². The van der Waals surface area contributed by atoms with Gasteiger partial charge in [0.1, 0.15) is 0 Å². The van der Waals surface area contributed by atoms with Crippen molar-refractivity contribution in [2.24, 2.45) is 10.9 Å². The molecule has 0 spiro atoms. The highest BCUT2D eigenvalue weighted by molar-refractivity contribution is 5.85. The molecular formula is C12H28N4O. The summed E-state index contributed by atoms with van der Waals surface area (Å²) < 4.78 is 0. The minimum absolute atomic E-state index is 0.0406. The standard InChI is InChI=1S/C12H28N4O/c1-6-11(12(13)15-17)14-7-8-16(9(2)3)10(4)5/h9-11,14,17H,6-8H2,1-5H3,(H2,13,15). The Morgan fingerprint density at radius 1 is 1.29 bits per heavy atom. The van der Waals surface area contributed by atoms with Gasteiger partial charge in [-0.25, -0.2) is 0 Å². The Labute approximate surface area is 105 Å². The molecular weight excluding hydrogens is 216 g/mol.